The second-order valence-corrected chi connectivity index (χ2v) is 6.05. The quantitative estimate of drug-likeness (QED) is 0.723. The van der Waals surface area contributed by atoms with E-state index in [1.807, 2.05) is 0 Å². The van der Waals surface area contributed by atoms with Crippen LogP contribution in [0.2, 0.25) is 5.02 Å². The van der Waals surface area contributed by atoms with Crippen LogP contribution in [-0.4, -0.2) is 34.9 Å². The summed E-state index contributed by atoms with van der Waals surface area (Å²) in [7, 11) is 0. The number of alkyl halides is 3. The van der Waals surface area contributed by atoms with Crippen LogP contribution in [0, 0.1) is 0 Å². The van der Waals surface area contributed by atoms with E-state index in [2.05, 4.69) is 15.3 Å². The first-order chi connectivity index (χ1) is 13.1. The fraction of sp³-hybridized carbons (Fsp3) is 0.294. The molecule has 2 aromatic rings. The van der Waals surface area contributed by atoms with Crippen molar-refractivity contribution in [2.75, 3.05) is 23.3 Å². The number of nitrogens with two attached hydrogens (primary N) is 1. The zero-order valence-corrected chi connectivity index (χ0v) is 15.5. The van der Waals surface area contributed by atoms with E-state index in [1.54, 1.807) is 6.92 Å². The molecule has 2 amide bonds. The lowest BCUT2D eigenvalue weighted by Gasteiger charge is -2.22. The molecule has 2 rings (SSSR count). The summed E-state index contributed by atoms with van der Waals surface area (Å²) in [5, 5.41) is 2.59. The van der Waals surface area contributed by atoms with Crippen molar-refractivity contribution in [1.29, 1.82) is 0 Å². The molecule has 0 aliphatic carbocycles. The smallest absolute Gasteiger partial charge is 0.367 e. The maximum absolute atomic E-state index is 12.7. The average molecular weight is 416 g/mol. The van der Waals surface area contributed by atoms with E-state index < -0.39 is 17.6 Å². The van der Waals surface area contributed by atoms with E-state index in [4.69, 9.17) is 17.3 Å². The number of hydrogen-bond acceptors (Lipinski definition) is 5. The Bertz CT molecular complexity index is 876. The topological polar surface area (TPSA) is 101 Å². The van der Waals surface area contributed by atoms with Crippen molar-refractivity contribution in [2.24, 2.45) is 5.73 Å². The van der Waals surface area contributed by atoms with Crippen molar-refractivity contribution in [1.82, 2.24) is 9.97 Å². The summed E-state index contributed by atoms with van der Waals surface area (Å²) < 4.78 is 38.0. The average Bonchev–Trinajstić information content (AvgIpc) is 2.65. The highest BCUT2D eigenvalue weighted by Gasteiger charge is 2.31. The minimum atomic E-state index is -4.55. The van der Waals surface area contributed by atoms with E-state index in [1.165, 1.54) is 23.2 Å². The number of nitrogens with zero attached hydrogens (tertiary/aromatic N) is 3. The molecule has 0 bridgehead atoms. The van der Waals surface area contributed by atoms with Gasteiger partial charge >= 0.3 is 6.18 Å². The number of hydrogen-bond donors (Lipinski definition) is 2. The lowest BCUT2D eigenvalue weighted by Crippen LogP contribution is -2.35. The van der Waals surface area contributed by atoms with Gasteiger partial charge in [0.2, 0.25) is 11.8 Å². The maximum atomic E-state index is 12.7. The molecule has 3 N–H and O–H groups in total. The third kappa shape index (κ3) is 5.32. The van der Waals surface area contributed by atoms with Crippen molar-refractivity contribution < 1.29 is 22.8 Å². The van der Waals surface area contributed by atoms with Crippen LogP contribution in [0.25, 0.3) is 0 Å². The molecule has 28 heavy (non-hydrogen) atoms. The Labute approximate surface area is 163 Å². The molecule has 0 atom stereocenters. The van der Waals surface area contributed by atoms with Crippen LogP contribution in [0.15, 0.2) is 30.6 Å². The normalized spacial score (nSPS) is 11.2. The number of carbonyl (C=O) groups is 2. The number of aromatic nitrogens is 2. The van der Waals surface area contributed by atoms with Gasteiger partial charge in [-0.15, -0.1) is 0 Å². The van der Waals surface area contributed by atoms with Gasteiger partial charge in [-0.05, 0) is 18.2 Å². The second-order valence-electron chi connectivity index (χ2n) is 5.64. The van der Waals surface area contributed by atoms with Crippen LogP contribution >= 0.6 is 11.6 Å². The summed E-state index contributed by atoms with van der Waals surface area (Å²) >= 11 is 5.84. The molecule has 0 saturated carbocycles. The Balaban J connectivity index is 2.12. The third-order valence-electron chi connectivity index (χ3n) is 3.71. The fourth-order valence-corrected chi connectivity index (χ4v) is 2.52. The van der Waals surface area contributed by atoms with Gasteiger partial charge < -0.3 is 11.1 Å². The number of primary amides is 1. The molecule has 2 heterocycles. The predicted octanol–water partition coefficient (Wildman–Crippen LogP) is 3.10. The zero-order valence-electron chi connectivity index (χ0n) is 14.8. The molecule has 150 valence electrons. The zero-order chi connectivity index (χ0) is 20.9. The molecule has 0 spiro atoms. The van der Waals surface area contributed by atoms with Gasteiger partial charge in [0.15, 0.2) is 0 Å². The lowest BCUT2D eigenvalue weighted by molar-refractivity contribution is -0.137. The number of pyridine rings is 2. The number of carbonyl (C=O) groups excluding carboxylic acids is 2. The molecular weight excluding hydrogens is 399 g/mol. The number of amides is 2. The Morgan fingerprint density at radius 2 is 2.00 bits per heavy atom. The fourth-order valence-electron chi connectivity index (χ4n) is 2.29. The van der Waals surface area contributed by atoms with Gasteiger partial charge in [-0.25, -0.2) is 9.97 Å². The maximum Gasteiger partial charge on any atom is 0.417 e. The molecule has 2 aromatic heterocycles. The van der Waals surface area contributed by atoms with Crippen molar-refractivity contribution in [3.05, 3.63) is 46.7 Å². The van der Waals surface area contributed by atoms with Gasteiger partial charge in [-0.1, -0.05) is 18.5 Å². The SMILES string of the molecule is CCC(=O)N(CCNc1ncc(C(F)(F)F)cc1Cl)c1cc(C(N)=O)ccn1. The lowest BCUT2D eigenvalue weighted by atomic mass is 10.2. The van der Waals surface area contributed by atoms with E-state index in [0.717, 1.165) is 6.07 Å². The van der Waals surface area contributed by atoms with Gasteiger partial charge in [0.25, 0.3) is 0 Å². The highest BCUT2D eigenvalue weighted by Crippen LogP contribution is 2.32. The van der Waals surface area contributed by atoms with Crippen molar-refractivity contribution >= 4 is 35.1 Å². The van der Waals surface area contributed by atoms with Gasteiger partial charge in [-0.2, -0.15) is 13.2 Å². The first-order valence-corrected chi connectivity index (χ1v) is 8.54. The standard InChI is InChI=1S/C17H17ClF3N5O2/c1-2-14(27)26(13-7-10(15(22)28)3-4-23-13)6-5-24-16-12(18)8-11(9-25-16)17(19,20)21/h3-4,7-9H,2,5-6H2,1H3,(H2,22,28)(H,24,25). The monoisotopic (exact) mass is 415 g/mol. The van der Waals surface area contributed by atoms with E-state index in [-0.39, 0.29) is 47.6 Å². The number of rotatable bonds is 7. The summed E-state index contributed by atoms with van der Waals surface area (Å²) in [5.74, 6) is -0.636. The minimum absolute atomic E-state index is 0.0532. The Hall–Kier alpha value is -2.88. The summed E-state index contributed by atoms with van der Waals surface area (Å²) in [5.41, 5.74) is 4.48. The molecule has 0 saturated heterocycles. The molecule has 0 aliphatic rings. The number of nitrogens with one attached hydrogen (secondary N) is 1. The molecule has 0 radical (unpaired) electrons. The largest absolute Gasteiger partial charge is 0.417 e. The molecule has 0 unspecified atom stereocenters. The van der Waals surface area contributed by atoms with E-state index in [0.29, 0.717) is 6.20 Å². The van der Waals surface area contributed by atoms with Gasteiger partial charge in [-0.3, -0.25) is 14.5 Å². The molecule has 0 fully saturated rings. The highest BCUT2D eigenvalue weighted by atomic mass is 35.5. The van der Waals surface area contributed by atoms with Crippen LogP contribution in [0.3, 0.4) is 0 Å². The number of halogens is 4. The molecule has 0 aliphatic heterocycles. The van der Waals surface area contributed by atoms with E-state index in [9.17, 15) is 22.8 Å². The van der Waals surface area contributed by atoms with Crippen molar-refractivity contribution in [3.8, 4) is 0 Å². The first-order valence-electron chi connectivity index (χ1n) is 8.16. The summed E-state index contributed by atoms with van der Waals surface area (Å²) in [6.45, 7) is 1.90. The summed E-state index contributed by atoms with van der Waals surface area (Å²) in [6, 6.07) is 3.58. The first kappa shape index (κ1) is 21.4. The Morgan fingerprint density at radius 3 is 2.57 bits per heavy atom. The predicted molar refractivity (Wildman–Crippen MR) is 98.1 cm³/mol. The molecule has 11 heteroatoms. The third-order valence-corrected chi connectivity index (χ3v) is 3.99. The summed E-state index contributed by atoms with van der Waals surface area (Å²) in [6.07, 6.45) is -2.34. The molecule has 0 aromatic carbocycles. The Kier molecular flexibility index (Phi) is 6.79. The van der Waals surface area contributed by atoms with Gasteiger partial charge in [0.05, 0.1) is 10.6 Å². The summed E-state index contributed by atoms with van der Waals surface area (Å²) in [4.78, 5) is 32.6. The van der Waals surface area contributed by atoms with Crippen LogP contribution < -0.4 is 16.0 Å². The minimum Gasteiger partial charge on any atom is -0.367 e. The van der Waals surface area contributed by atoms with Gasteiger partial charge in [0, 0.05) is 37.5 Å². The van der Waals surface area contributed by atoms with Crippen molar-refractivity contribution in [3.63, 3.8) is 0 Å². The van der Waals surface area contributed by atoms with Gasteiger partial charge in [0.1, 0.15) is 11.6 Å². The van der Waals surface area contributed by atoms with Crippen LogP contribution in [-0.2, 0) is 11.0 Å². The number of anilines is 2. The van der Waals surface area contributed by atoms with Crippen LogP contribution in [0.1, 0.15) is 29.3 Å². The van der Waals surface area contributed by atoms with Crippen LogP contribution in [0.4, 0.5) is 24.8 Å². The highest BCUT2D eigenvalue weighted by molar-refractivity contribution is 6.32. The Morgan fingerprint density at radius 1 is 1.29 bits per heavy atom. The van der Waals surface area contributed by atoms with Crippen molar-refractivity contribution in [2.45, 2.75) is 19.5 Å². The molecular formula is C17H17ClF3N5O2. The van der Waals surface area contributed by atoms with E-state index >= 15 is 0 Å². The second kappa shape index (κ2) is 8.87. The van der Waals surface area contributed by atoms with Crippen LogP contribution in [0.5, 0.6) is 0 Å². The molecule has 7 nitrogen and oxygen atoms in total.